The predicted octanol–water partition coefficient (Wildman–Crippen LogP) is 3.49. The van der Waals surface area contributed by atoms with Crippen molar-refractivity contribution < 1.29 is 19.1 Å². The SMILES string of the molecule is CC(CCCC(C)C(=O)O)NC(=O)c1cc(Cl)ccc1F. The number of carbonyl (C=O) groups excluding carboxylic acids is 1. The molecule has 0 heterocycles. The van der Waals surface area contributed by atoms with E-state index < -0.39 is 23.6 Å². The molecular formula is C15H19ClFNO3. The summed E-state index contributed by atoms with van der Waals surface area (Å²) in [5.74, 6) is -2.37. The third-order valence-corrected chi connectivity index (χ3v) is 3.48. The van der Waals surface area contributed by atoms with Crippen LogP contribution in [0.25, 0.3) is 0 Å². The van der Waals surface area contributed by atoms with Crippen LogP contribution in [0.15, 0.2) is 18.2 Å². The van der Waals surface area contributed by atoms with Crippen LogP contribution in [-0.4, -0.2) is 23.0 Å². The van der Waals surface area contributed by atoms with Gasteiger partial charge in [-0.2, -0.15) is 0 Å². The first-order valence-corrected chi connectivity index (χ1v) is 7.17. The first kappa shape index (κ1) is 17.4. The van der Waals surface area contributed by atoms with Gasteiger partial charge in [-0.15, -0.1) is 0 Å². The van der Waals surface area contributed by atoms with E-state index in [1.54, 1.807) is 13.8 Å². The van der Waals surface area contributed by atoms with E-state index in [1.165, 1.54) is 12.1 Å². The van der Waals surface area contributed by atoms with Gasteiger partial charge in [-0.05, 0) is 38.0 Å². The van der Waals surface area contributed by atoms with Gasteiger partial charge in [0.2, 0.25) is 0 Å². The van der Waals surface area contributed by atoms with Crippen molar-refractivity contribution >= 4 is 23.5 Å². The van der Waals surface area contributed by atoms with Crippen molar-refractivity contribution in [3.63, 3.8) is 0 Å². The molecule has 4 nitrogen and oxygen atoms in total. The fourth-order valence-electron chi connectivity index (χ4n) is 1.90. The number of amides is 1. The Morgan fingerprint density at radius 1 is 1.33 bits per heavy atom. The highest BCUT2D eigenvalue weighted by Crippen LogP contribution is 2.15. The molecule has 0 aliphatic carbocycles. The summed E-state index contributed by atoms with van der Waals surface area (Å²) < 4.78 is 13.5. The second-order valence-corrected chi connectivity index (χ2v) is 5.61. The maximum Gasteiger partial charge on any atom is 0.306 e. The molecule has 6 heteroatoms. The molecule has 116 valence electrons. The van der Waals surface area contributed by atoms with E-state index in [1.807, 2.05) is 0 Å². The summed E-state index contributed by atoms with van der Waals surface area (Å²) in [6.45, 7) is 3.44. The maximum absolute atomic E-state index is 13.5. The molecule has 1 amide bonds. The normalized spacial score (nSPS) is 13.5. The van der Waals surface area contributed by atoms with Crippen LogP contribution in [0.1, 0.15) is 43.5 Å². The van der Waals surface area contributed by atoms with Crippen LogP contribution in [0.2, 0.25) is 5.02 Å². The van der Waals surface area contributed by atoms with E-state index in [2.05, 4.69) is 5.32 Å². The molecule has 0 bridgehead atoms. The van der Waals surface area contributed by atoms with Crippen LogP contribution in [-0.2, 0) is 4.79 Å². The number of nitrogens with one attached hydrogen (secondary N) is 1. The summed E-state index contributed by atoms with van der Waals surface area (Å²) in [6, 6.07) is 3.64. The minimum atomic E-state index is -0.826. The van der Waals surface area contributed by atoms with E-state index in [9.17, 15) is 14.0 Å². The number of carbonyl (C=O) groups is 2. The number of rotatable bonds is 7. The van der Waals surface area contributed by atoms with Gasteiger partial charge in [0.05, 0.1) is 11.5 Å². The van der Waals surface area contributed by atoms with Crippen LogP contribution in [0.5, 0.6) is 0 Å². The van der Waals surface area contributed by atoms with Crippen molar-refractivity contribution in [2.75, 3.05) is 0 Å². The lowest BCUT2D eigenvalue weighted by Crippen LogP contribution is -2.33. The number of carboxylic acids is 1. The molecule has 2 atom stereocenters. The molecule has 0 saturated carbocycles. The number of aliphatic carboxylic acids is 1. The third-order valence-electron chi connectivity index (χ3n) is 3.25. The van der Waals surface area contributed by atoms with Gasteiger partial charge >= 0.3 is 5.97 Å². The lowest BCUT2D eigenvalue weighted by molar-refractivity contribution is -0.141. The predicted molar refractivity (Wildman–Crippen MR) is 79.0 cm³/mol. The fraction of sp³-hybridized carbons (Fsp3) is 0.467. The lowest BCUT2D eigenvalue weighted by Gasteiger charge is -2.15. The Labute approximate surface area is 128 Å². The van der Waals surface area contributed by atoms with Gasteiger partial charge in [0.15, 0.2) is 0 Å². The van der Waals surface area contributed by atoms with E-state index in [-0.39, 0.29) is 11.6 Å². The molecule has 21 heavy (non-hydrogen) atoms. The summed E-state index contributed by atoms with van der Waals surface area (Å²) >= 11 is 5.74. The van der Waals surface area contributed by atoms with Crippen LogP contribution in [0.3, 0.4) is 0 Å². The van der Waals surface area contributed by atoms with Gasteiger partial charge in [-0.1, -0.05) is 24.9 Å². The second kappa shape index (κ2) is 7.98. The Bertz CT molecular complexity index is 522. The first-order valence-electron chi connectivity index (χ1n) is 6.80. The lowest BCUT2D eigenvalue weighted by atomic mass is 10.0. The van der Waals surface area contributed by atoms with Crippen LogP contribution in [0, 0.1) is 11.7 Å². The van der Waals surface area contributed by atoms with E-state index in [4.69, 9.17) is 16.7 Å². The first-order chi connectivity index (χ1) is 9.81. The Morgan fingerprint density at radius 2 is 2.00 bits per heavy atom. The van der Waals surface area contributed by atoms with Gasteiger partial charge in [-0.25, -0.2) is 4.39 Å². The quantitative estimate of drug-likeness (QED) is 0.809. The third kappa shape index (κ3) is 5.71. The highest BCUT2D eigenvalue weighted by molar-refractivity contribution is 6.31. The van der Waals surface area contributed by atoms with Crippen molar-refractivity contribution in [3.05, 3.63) is 34.6 Å². The number of hydrogen-bond donors (Lipinski definition) is 2. The number of halogens is 2. The average Bonchev–Trinajstić information content (AvgIpc) is 2.41. The molecule has 1 rings (SSSR count). The molecule has 1 aromatic rings. The van der Waals surface area contributed by atoms with Gasteiger partial charge in [0.1, 0.15) is 5.82 Å². The van der Waals surface area contributed by atoms with Crippen LogP contribution >= 0.6 is 11.6 Å². The monoisotopic (exact) mass is 315 g/mol. The molecule has 0 saturated heterocycles. The van der Waals surface area contributed by atoms with Crippen LogP contribution < -0.4 is 5.32 Å². The molecule has 0 aliphatic heterocycles. The van der Waals surface area contributed by atoms with Gasteiger partial charge < -0.3 is 10.4 Å². The van der Waals surface area contributed by atoms with Gasteiger partial charge in [0.25, 0.3) is 5.91 Å². The highest BCUT2D eigenvalue weighted by Gasteiger charge is 2.15. The largest absolute Gasteiger partial charge is 0.481 e. The highest BCUT2D eigenvalue weighted by atomic mass is 35.5. The second-order valence-electron chi connectivity index (χ2n) is 5.17. The summed E-state index contributed by atoms with van der Waals surface area (Å²) in [4.78, 5) is 22.6. The standard InChI is InChI=1S/C15H19ClFNO3/c1-9(15(20)21)4-3-5-10(2)18-14(19)12-8-11(16)6-7-13(12)17/h6-10H,3-5H2,1-2H3,(H,18,19)(H,20,21). The summed E-state index contributed by atoms with van der Waals surface area (Å²) in [5.41, 5.74) is -0.0896. The topological polar surface area (TPSA) is 66.4 Å². The van der Waals surface area contributed by atoms with Crippen molar-refractivity contribution in [1.29, 1.82) is 0 Å². The van der Waals surface area contributed by atoms with Gasteiger partial charge in [-0.3, -0.25) is 9.59 Å². The van der Waals surface area contributed by atoms with Crippen molar-refractivity contribution in [2.45, 2.75) is 39.2 Å². The average molecular weight is 316 g/mol. The number of benzene rings is 1. The number of carboxylic acid groups (broad SMARTS) is 1. The molecule has 0 radical (unpaired) electrons. The molecule has 2 unspecified atom stereocenters. The fourth-order valence-corrected chi connectivity index (χ4v) is 2.07. The molecule has 0 fully saturated rings. The van der Waals surface area contributed by atoms with Crippen molar-refractivity contribution in [1.82, 2.24) is 5.32 Å². The van der Waals surface area contributed by atoms with E-state index in [0.717, 1.165) is 6.07 Å². The molecule has 0 aliphatic rings. The summed E-state index contributed by atoms with van der Waals surface area (Å²) in [6.07, 6.45) is 1.85. The summed E-state index contributed by atoms with van der Waals surface area (Å²) in [7, 11) is 0. The Balaban J connectivity index is 2.47. The molecule has 0 aromatic heterocycles. The van der Waals surface area contributed by atoms with Crippen molar-refractivity contribution in [2.24, 2.45) is 5.92 Å². The molecule has 2 N–H and O–H groups in total. The Hall–Kier alpha value is -1.62. The van der Waals surface area contributed by atoms with Gasteiger partial charge in [0, 0.05) is 11.1 Å². The zero-order valence-corrected chi connectivity index (χ0v) is 12.8. The minimum Gasteiger partial charge on any atom is -0.481 e. The smallest absolute Gasteiger partial charge is 0.306 e. The van der Waals surface area contributed by atoms with E-state index >= 15 is 0 Å². The Morgan fingerprint density at radius 3 is 2.62 bits per heavy atom. The minimum absolute atomic E-state index is 0.0896. The number of hydrogen-bond acceptors (Lipinski definition) is 2. The molecular weight excluding hydrogens is 297 g/mol. The molecule has 1 aromatic carbocycles. The molecule has 0 spiro atoms. The van der Waals surface area contributed by atoms with E-state index in [0.29, 0.717) is 24.3 Å². The zero-order chi connectivity index (χ0) is 16.0. The maximum atomic E-state index is 13.5. The summed E-state index contributed by atoms with van der Waals surface area (Å²) in [5, 5.41) is 11.8. The Kier molecular flexibility index (Phi) is 6.62. The van der Waals surface area contributed by atoms with Crippen molar-refractivity contribution in [3.8, 4) is 0 Å². The van der Waals surface area contributed by atoms with Crippen LogP contribution in [0.4, 0.5) is 4.39 Å². The zero-order valence-electron chi connectivity index (χ0n) is 12.0.